The van der Waals surface area contributed by atoms with Gasteiger partial charge in [0, 0.05) is 6.04 Å². The van der Waals surface area contributed by atoms with Crippen LogP contribution in [0.3, 0.4) is 0 Å². The molecular weight excluding hydrogens is 256 g/mol. The minimum Gasteiger partial charge on any atom is -0.381 e. The van der Waals surface area contributed by atoms with Crippen LogP contribution in [0.2, 0.25) is 5.15 Å². The third-order valence-electron chi connectivity index (χ3n) is 5.80. The van der Waals surface area contributed by atoms with Crippen LogP contribution in [0.15, 0.2) is 12.3 Å². The Hall–Kier alpha value is -0.760. The van der Waals surface area contributed by atoms with Gasteiger partial charge in [0.15, 0.2) is 0 Å². The molecule has 1 heterocycles. The highest BCUT2D eigenvalue weighted by Crippen LogP contribution is 2.59. The summed E-state index contributed by atoms with van der Waals surface area (Å²) in [5.41, 5.74) is 2.21. The summed E-state index contributed by atoms with van der Waals surface area (Å²) in [5.74, 6) is 3.98. The van der Waals surface area contributed by atoms with E-state index in [-0.39, 0.29) is 0 Å². The zero-order chi connectivity index (χ0) is 13.0. The molecule has 1 aromatic rings. The molecule has 2 nitrogen and oxygen atoms in total. The van der Waals surface area contributed by atoms with Crippen LogP contribution in [-0.2, 0) is 0 Å². The molecule has 3 aliphatic rings. The monoisotopic (exact) mass is 276 g/mol. The second kappa shape index (κ2) is 4.37. The van der Waals surface area contributed by atoms with Crippen LogP contribution >= 0.6 is 11.6 Å². The Kier molecular flexibility index (Phi) is 2.77. The van der Waals surface area contributed by atoms with Gasteiger partial charge in [-0.15, -0.1) is 0 Å². The van der Waals surface area contributed by atoms with Gasteiger partial charge < -0.3 is 5.32 Å². The van der Waals surface area contributed by atoms with E-state index in [2.05, 4.69) is 16.4 Å². The fourth-order valence-corrected chi connectivity index (χ4v) is 5.19. The Morgan fingerprint density at radius 1 is 1.21 bits per heavy atom. The number of aryl methyl sites for hydroxylation is 1. The second-order valence-corrected chi connectivity index (χ2v) is 7.09. The van der Waals surface area contributed by atoms with Gasteiger partial charge in [0.2, 0.25) is 0 Å². The molecular formula is C16H21ClN2. The smallest absolute Gasteiger partial charge is 0.132 e. The topological polar surface area (TPSA) is 24.9 Å². The van der Waals surface area contributed by atoms with Gasteiger partial charge in [-0.2, -0.15) is 0 Å². The van der Waals surface area contributed by atoms with Crippen LogP contribution in [0.4, 0.5) is 5.69 Å². The quantitative estimate of drug-likeness (QED) is 0.816. The molecule has 1 N–H and O–H groups in total. The van der Waals surface area contributed by atoms with Crippen molar-refractivity contribution in [2.75, 3.05) is 5.32 Å². The molecule has 2 bridgehead atoms. The fraction of sp³-hybridized carbons (Fsp3) is 0.688. The van der Waals surface area contributed by atoms with E-state index in [4.69, 9.17) is 11.6 Å². The Balaban J connectivity index is 1.51. The Labute approximate surface area is 120 Å². The first kappa shape index (κ1) is 12.0. The lowest BCUT2D eigenvalue weighted by atomic mass is 9.79. The van der Waals surface area contributed by atoms with E-state index in [0.717, 1.165) is 34.9 Å². The highest BCUT2D eigenvalue weighted by molar-refractivity contribution is 6.30. The molecule has 0 aromatic carbocycles. The van der Waals surface area contributed by atoms with Crippen LogP contribution < -0.4 is 5.32 Å². The number of hydrogen-bond acceptors (Lipinski definition) is 2. The zero-order valence-electron chi connectivity index (χ0n) is 11.4. The highest BCUT2D eigenvalue weighted by atomic mass is 35.5. The number of rotatable bonds is 2. The number of pyridine rings is 1. The molecule has 102 valence electrons. The summed E-state index contributed by atoms with van der Waals surface area (Å²) in [5, 5.41) is 4.35. The first-order valence-corrected chi connectivity index (χ1v) is 7.99. The third kappa shape index (κ3) is 1.87. The Bertz CT molecular complexity index is 502. The van der Waals surface area contributed by atoms with Crippen molar-refractivity contribution >= 4 is 17.3 Å². The normalized spacial score (nSPS) is 39.6. The Morgan fingerprint density at radius 3 is 2.89 bits per heavy atom. The van der Waals surface area contributed by atoms with Crippen molar-refractivity contribution < 1.29 is 0 Å². The number of anilines is 1. The van der Waals surface area contributed by atoms with E-state index in [1.807, 2.05) is 13.1 Å². The van der Waals surface area contributed by atoms with Crippen LogP contribution in [0.1, 0.15) is 37.7 Å². The average molecular weight is 277 g/mol. The summed E-state index contributed by atoms with van der Waals surface area (Å²) in [7, 11) is 0. The van der Waals surface area contributed by atoms with E-state index in [9.17, 15) is 0 Å². The van der Waals surface area contributed by atoms with Crippen molar-refractivity contribution in [1.29, 1.82) is 0 Å². The molecule has 3 heteroatoms. The van der Waals surface area contributed by atoms with Crippen molar-refractivity contribution in [2.24, 2.45) is 23.7 Å². The van der Waals surface area contributed by atoms with Gasteiger partial charge in [0.25, 0.3) is 0 Å². The van der Waals surface area contributed by atoms with E-state index in [0.29, 0.717) is 11.2 Å². The number of halogens is 1. The van der Waals surface area contributed by atoms with E-state index < -0.39 is 0 Å². The van der Waals surface area contributed by atoms with Gasteiger partial charge in [-0.25, -0.2) is 4.98 Å². The largest absolute Gasteiger partial charge is 0.381 e. The molecule has 5 unspecified atom stereocenters. The molecule has 0 radical (unpaired) electrons. The minimum absolute atomic E-state index is 0.620. The van der Waals surface area contributed by atoms with E-state index >= 15 is 0 Å². The summed E-state index contributed by atoms with van der Waals surface area (Å²) < 4.78 is 0. The molecule has 5 atom stereocenters. The number of nitrogens with zero attached hydrogens (tertiary/aromatic N) is 1. The second-order valence-electron chi connectivity index (χ2n) is 6.74. The molecule has 4 rings (SSSR count). The van der Waals surface area contributed by atoms with Gasteiger partial charge in [-0.1, -0.05) is 18.0 Å². The third-order valence-corrected chi connectivity index (χ3v) is 6.19. The highest BCUT2D eigenvalue weighted by Gasteiger charge is 2.53. The molecule has 1 aromatic heterocycles. The van der Waals surface area contributed by atoms with Crippen molar-refractivity contribution in [1.82, 2.24) is 4.98 Å². The van der Waals surface area contributed by atoms with Crippen LogP contribution in [-0.4, -0.2) is 11.0 Å². The maximum absolute atomic E-state index is 5.99. The zero-order valence-corrected chi connectivity index (χ0v) is 12.2. The molecule has 19 heavy (non-hydrogen) atoms. The lowest BCUT2D eigenvalue weighted by Gasteiger charge is -2.32. The Morgan fingerprint density at radius 2 is 2.05 bits per heavy atom. The SMILES string of the molecule is Cc1cc(NC2CC3CC2C2CCCC32)cnc1Cl. The van der Waals surface area contributed by atoms with Crippen molar-refractivity contribution in [3.05, 3.63) is 23.0 Å². The van der Waals surface area contributed by atoms with E-state index in [1.165, 1.54) is 32.1 Å². The predicted octanol–water partition coefficient (Wildman–Crippen LogP) is 4.28. The van der Waals surface area contributed by atoms with Gasteiger partial charge in [-0.3, -0.25) is 0 Å². The standard InChI is InChI=1S/C16H21ClN2/c1-9-5-11(8-18-16(9)17)19-15-7-10-6-14(15)13-4-2-3-12(10)13/h5,8,10,12-15,19H,2-4,6-7H2,1H3. The number of hydrogen-bond donors (Lipinski definition) is 1. The summed E-state index contributed by atoms with van der Waals surface area (Å²) in [6, 6.07) is 2.81. The summed E-state index contributed by atoms with van der Waals surface area (Å²) in [6.45, 7) is 2.02. The molecule has 3 fully saturated rings. The fourth-order valence-electron chi connectivity index (χ4n) is 5.09. The van der Waals surface area contributed by atoms with Gasteiger partial charge in [-0.05, 0) is 67.9 Å². The maximum atomic E-state index is 5.99. The van der Waals surface area contributed by atoms with Crippen molar-refractivity contribution in [3.63, 3.8) is 0 Å². The van der Waals surface area contributed by atoms with E-state index in [1.54, 1.807) is 0 Å². The lowest BCUT2D eigenvalue weighted by Crippen LogP contribution is -2.33. The summed E-state index contributed by atoms with van der Waals surface area (Å²) in [4.78, 5) is 4.25. The summed E-state index contributed by atoms with van der Waals surface area (Å²) in [6.07, 6.45) is 9.16. The first-order valence-electron chi connectivity index (χ1n) is 7.61. The molecule has 3 saturated carbocycles. The predicted molar refractivity (Wildman–Crippen MR) is 78.4 cm³/mol. The molecule has 3 aliphatic carbocycles. The summed E-state index contributed by atoms with van der Waals surface area (Å²) >= 11 is 5.99. The van der Waals surface area contributed by atoms with Crippen molar-refractivity contribution in [3.8, 4) is 0 Å². The average Bonchev–Trinajstić information content (AvgIpc) is 3.05. The number of aromatic nitrogens is 1. The molecule has 0 amide bonds. The van der Waals surface area contributed by atoms with Gasteiger partial charge in [0.1, 0.15) is 5.15 Å². The molecule has 0 aliphatic heterocycles. The van der Waals surface area contributed by atoms with Crippen LogP contribution in [0.5, 0.6) is 0 Å². The molecule has 0 spiro atoms. The number of fused-ring (bicyclic) bond motifs is 5. The maximum Gasteiger partial charge on any atom is 0.132 e. The van der Waals surface area contributed by atoms with Crippen LogP contribution in [0, 0.1) is 30.6 Å². The lowest BCUT2D eigenvalue weighted by molar-refractivity contribution is 0.243. The van der Waals surface area contributed by atoms with Crippen LogP contribution in [0.25, 0.3) is 0 Å². The first-order chi connectivity index (χ1) is 9.22. The molecule has 0 saturated heterocycles. The minimum atomic E-state index is 0.620. The van der Waals surface area contributed by atoms with Gasteiger partial charge >= 0.3 is 0 Å². The van der Waals surface area contributed by atoms with Crippen molar-refractivity contribution in [2.45, 2.75) is 45.1 Å². The number of nitrogens with one attached hydrogen (secondary N) is 1. The van der Waals surface area contributed by atoms with Gasteiger partial charge in [0.05, 0.1) is 11.9 Å².